The van der Waals surface area contributed by atoms with Gasteiger partial charge in [0, 0.05) is 6.07 Å². The first-order valence-electron chi connectivity index (χ1n) is 8.96. The third-order valence-electron chi connectivity index (χ3n) is 4.22. The molecule has 0 aliphatic heterocycles. The highest BCUT2D eigenvalue weighted by Crippen LogP contribution is 2.25. The Bertz CT molecular complexity index is 988. The monoisotopic (exact) mass is 392 g/mol. The van der Waals surface area contributed by atoms with Gasteiger partial charge in [-0.05, 0) is 42.8 Å². The number of rotatable bonds is 8. The van der Waals surface area contributed by atoms with Crippen LogP contribution < -0.4 is 14.8 Å². The third-order valence-corrected chi connectivity index (χ3v) is 4.22. The van der Waals surface area contributed by atoms with Crippen molar-refractivity contribution in [2.45, 2.75) is 13.5 Å². The summed E-state index contributed by atoms with van der Waals surface area (Å²) < 4.78 is 11.2. The summed E-state index contributed by atoms with van der Waals surface area (Å²) >= 11 is 0. The van der Waals surface area contributed by atoms with E-state index in [1.807, 2.05) is 30.3 Å². The molecule has 7 heteroatoms. The fraction of sp³-hybridized carbons (Fsp3) is 0.136. The van der Waals surface area contributed by atoms with E-state index < -0.39 is 10.8 Å². The van der Waals surface area contributed by atoms with Crippen LogP contribution in [0.2, 0.25) is 0 Å². The zero-order valence-corrected chi connectivity index (χ0v) is 15.8. The van der Waals surface area contributed by atoms with E-state index in [4.69, 9.17) is 9.47 Å². The largest absolute Gasteiger partial charge is 0.489 e. The van der Waals surface area contributed by atoms with E-state index in [9.17, 15) is 14.9 Å². The topological polar surface area (TPSA) is 90.7 Å². The van der Waals surface area contributed by atoms with Crippen molar-refractivity contribution in [3.05, 3.63) is 94.0 Å². The first kappa shape index (κ1) is 19.9. The molecule has 0 aliphatic carbocycles. The zero-order chi connectivity index (χ0) is 20.6. The molecule has 3 aromatic rings. The number of amides is 1. The van der Waals surface area contributed by atoms with Gasteiger partial charge in [0.25, 0.3) is 11.6 Å². The van der Waals surface area contributed by atoms with Crippen molar-refractivity contribution in [1.82, 2.24) is 0 Å². The number of hydrogen-bond acceptors (Lipinski definition) is 5. The number of carbonyl (C=O) groups is 1. The van der Waals surface area contributed by atoms with Crippen LogP contribution in [0.25, 0.3) is 0 Å². The van der Waals surface area contributed by atoms with Crippen LogP contribution in [-0.4, -0.2) is 17.4 Å². The Morgan fingerprint density at radius 2 is 1.59 bits per heavy atom. The summed E-state index contributed by atoms with van der Waals surface area (Å²) in [6, 6.07) is 21.3. The van der Waals surface area contributed by atoms with E-state index in [1.54, 1.807) is 37.3 Å². The minimum Gasteiger partial charge on any atom is -0.489 e. The molecular weight excluding hydrogens is 372 g/mol. The van der Waals surface area contributed by atoms with Crippen molar-refractivity contribution < 1.29 is 19.2 Å². The second kappa shape index (κ2) is 9.36. The van der Waals surface area contributed by atoms with Gasteiger partial charge in [-0.15, -0.1) is 0 Å². The third kappa shape index (κ3) is 5.55. The van der Waals surface area contributed by atoms with Gasteiger partial charge in [-0.2, -0.15) is 0 Å². The molecule has 0 aromatic heterocycles. The number of anilines is 1. The fourth-order valence-corrected chi connectivity index (χ4v) is 2.66. The van der Waals surface area contributed by atoms with Gasteiger partial charge in [0.15, 0.2) is 6.61 Å². The van der Waals surface area contributed by atoms with Crippen LogP contribution in [0.15, 0.2) is 72.8 Å². The molecule has 0 unspecified atom stereocenters. The van der Waals surface area contributed by atoms with Gasteiger partial charge in [-0.1, -0.05) is 36.4 Å². The van der Waals surface area contributed by atoms with E-state index in [0.29, 0.717) is 29.4 Å². The Balaban J connectivity index is 1.50. The molecule has 0 bridgehead atoms. The van der Waals surface area contributed by atoms with E-state index >= 15 is 0 Å². The van der Waals surface area contributed by atoms with E-state index in [-0.39, 0.29) is 12.3 Å². The molecule has 148 valence electrons. The standard InChI is InChI=1S/C22H20N2O5/c1-16-20(8-5-9-21(16)24(26)27)23-22(25)15-29-19-12-10-18(11-13-19)28-14-17-6-3-2-4-7-17/h2-13H,14-15H2,1H3,(H,23,25). The van der Waals surface area contributed by atoms with Crippen molar-refractivity contribution in [3.8, 4) is 11.5 Å². The summed E-state index contributed by atoms with van der Waals surface area (Å²) in [4.78, 5) is 22.6. The lowest BCUT2D eigenvalue weighted by Crippen LogP contribution is -2.20. The summed E-state index contributed by atoms with van der Waals surface area (Å²) in [7, 11) is 0. The van der Waals surface area contributed by atoms with Crippen molar-refractivity contribution in [2.75, 3.05) is 11.9 Å². The molecule has 0 spiro atoms. The fourth-order valence-electron chi connectivity index (χ4n) is 2.66. The van der Waals surface area contributed by atoms with Crippen LogP contribution in [0, 0.1) is 17.0 Å². The zero-order valence-electron chi connectivity index (χ0n) is 15.8. The summed E-state index contributed by atoms with van der Waals surface area (Å²) in [6.45, 7) is 1.83. The molecule has 29 heavy (non-hydrogen) atoms. The number of nitro groups is 1. The highest BCUT2D eigenvalue weighted by Gasteiger charge is 2.15. The number of carbonyl (C=O) groups excluding carboxylic acids is 1. The maximum Gasteiger partial charge on any atom is 0.274 e. The second-order valence-electron chi connectivity index (χ2n) is 6.29. The van der Waals surface area contributed by atoms with Crippen molar-refractivity contribution >= 4 is 17.3 Å². The molecule has 0 aliphatic rings. The Hall–Kier alpha value is -3.87. The van der Waals surface area contributed by atoms with Gasteiger partial charge >= 0.3 is 0 Å². The Morgan fingerprint density at radius 1 is 0.931 bits per heavy atom. The number of benzene rings is 3. The number of nitrogens with one attached hydrogen (secondary N) is 1. The molecular formula is C22H20N2O5. The molecule has 0 saturated carbocycles. The maximum absolute atomic E-state index is 12.1. The highest BCUT2D eigenvalue weighted by molar-refractivity contribution is 5.93. The number of nitrogens with zero attached hydrogens (tertiary/aromatic N) is 1. The lowest BCUT2D eigenvalue weighted by Gasteiger charge is -2.10. The van der Waals surface area contributed by atoms with Crippen molar-refractivity contribution in [2.24, 2.45) is 0 Å². The SMILES string of the molecule is Cc1c(NC(=O)COc2ccc(OCc3ccccc3)cc2)cccc1[N+](=O)[O-]. The molecule has 3 rings (SSSR count). The summed E-state index contributed by atoms with van der Waals surface area (Å²) in [6.07, 6.45) is 0. The maximum atomic E-state index is 12.1. The lowest BCUT2D eigenvalue weighted by molar-refractivity contribution is -0.385. The van der Waals surface area contributed by atoms with Gasteiger partial charge in [-0.3, -0.25) is 14.9 Å². The van der Waals surface area contributed by atoms with Crippen LogP contribution >= 0.6 is 0 Å². The molecule has 1 amide bonds. The Morgan fingerprint density at radius 3 is 2.24 bits per heavy atom. The normalized spacial score (nSPS) is 10.2. The van der Waals surface area contributed by atoms with Crippen LogP contribution in [0.4, 0.5) is 11.4 Å². The van der Waals surface area contributed by atoms with Gasteiger partial charge in [0.05, 0.1) is 16.2 Å². The smallest absolute Gasteiger partial charge is 0.274 e. The predicted octanol–water partition coefficient (Wildman–Crippen LogP) is 4.50. The summed E-state index contributed by atoms with van der Waals surface area (Å²) in [5, 5.41) is 13.6. The Kier molecular flexibility index (Phi) is 6.42. The van der Waals surface area contributed by atoms with Crippen molar-refractivity contribution in [1.29, 1.82) is 0 Å². The molecule has 0 saturated heterocycles. The van der Waals surface area contributed by atoms with E-state index in [2.05, 4.69) is 5.32 Å². The molecule has 0 fully saturated rings. The molecule has 7 nitrogen and oxygen atoms in total. The van der Waals surface area contributed by atoms with Gasteiger partial charge in [0.2, 0.25) is 0 Å². The minimum absolute atomic E-state index is 0.0465. The summed E-state index contributed by atoms with van der Waals surface area (Å²) in [5.41, 5.74) is 1.80. The van der Waals surface area contributed by atoms with Gasteiger partial charge < -0.3 is 14.8 Å². The van der Waals surface area contributed by atoms with Gasteiger partial charge in [0.1, 0.15) is 18.1 Å². The molecule has 0 atom stereocenters. The number of hydrogen-bond donors (Lipinski definition) is 1. The van der Waals surface area contributed by atoms with E-state index in [0.717, 1.165) is 5.56 Å². The number of nitro benzene ring substituents is 1. The minimum atomic E-state index is -0.483. The van der Waals surface area contributed by atoms with Crippen LogP contribution in [0.5, 0.6) is 11.5 Å². The first-order chi connectivity index (χ1) is 14.0. The quantitative estimate of drug-likeness (QED) is 0.450. The number of ether oxygens (including phenoxy) is 2. The molecule has 0 heterocycles. The molecule has 1 N–H and O–H groups in total. The van der Waals surface area contributed by atoms with Crippen molar-refractivity contribution in [3.63, 3.8) is 0 Å². The average molecular weight is 392 g/mol. The molecule has 0 radical (unpaired) electrons. The second-order valence-corrected chi connectivity index (χ2v) is 6.29. The summed E-state index contributed by atoms with van der Waals surface area (Å²) in [5.74, 6) is 0.804. The first-order valence-corrected chi connectivity index (χ1v) is 8.96. The average Bonchev–Trinajstić information content (AvgIpc) is 2.73. The Labute approximate surface area is 168 Å². The van der Waals surface area contributed by atoms with E-state index in [1.165, 1.54) is 12.1 Å². The molecule has 3 aromatic carbocycles. The highest BCUT2D eigenvalue weighted by atomic mass is 16.6. The lowest BCUT2D eigenvalue weighted by atomic mass is 10.1. The predicted molar refractivity (Wildman–Crippen MR) is 109 cm³/mol. The van der Waals surface area contributed by atoms with Crippen LogP contribution in [0.1, 0.15) is 11.1 Å². The van der Waals surface area contributed by atoms with Crippen LogP contribution in [-0.2, 0) is 11.4 Å². The van der Waals surface area contributed by atoms with Crippen LogP contribution in [0.3, 0.4) is 0 Å². The van der Waals surface area contributed by atoms with Gasteiger partial charge in [-0.25, -0.2) is 0 Å².